The first kappa shape index (κ1) is 16.0. The van der Waals surface area contributed by atoms with Crippen LogP contribution in [0.4, 0.5) is 0 Å². The molecule has 0 aliphatic carbocycles. The third kappa shape index (κ3) is 4.33. The van der Waals surface area contributed by atoms with Gasteiger partial charge in [0.2, 0.25) is 0 Å². The monoisotopic (exact) mass is 333 g/mol. The van der Waals surface area contributed by atoms with E-state index in [4.69, 9.17) is 16.0 Å². The highest BCUT2D eigenvalue weighted by molar-refractivity contribution is 6.33. The molecule has 1 saturated heterocycles. The maximum atomic E-state index is 12.2. The number of furan rings is 1. The van der Waals surface area contributed by atoms with Crippen molar-refractivity contribution in [1.82, 2.24) is 15.2 Å². The Bertz CT molecular complexity index is 645. The van der Waals surface area contributed by atoms with Gasteiger partial charge in [-0.2, -0.15) is 0 Å². The number of likely N-dealkylation sites (tertiary alicyclic amines) is 1. The lowest BCUT2D eigenvalue weighted by Gasteiger charge is -2.32. The van der Waals surface area contributed by atoms with Crippen molar-refractivity contribution in [1.29, 1.82) is 0 Å². The second kappa shape index (κ2) is 7.62. The summed E-state index contributed by atoms with van der Waals surface area (Å²) in [6.45, 7) is 3.52. The summed E-state index contributed by atoms with van der Waals surface area (Å²) in [6.07, 6.45) is 7.03. The number of halogens is 1. The number of amides is 1. The number of nitrogens with zero attached hydrogens (tertiary/aromatic N) is 2. The van der Waals surface area contributed by atoms with Gasteiger partial charge in [0, 0.05) is 25.5 Å². The third-order valence-electron chi connectivity index (χ3n) is 4.13. The van der Waals surface area contributed by atoms with Crippen molar-refractivity contribution in [3.63, 3.8) is 0 Å². The Labute approximate surface area is 140 Å². The fraction of sp³-hybridized carbons (Fsp3) is 0.412. The molecule has 23 heavy (non-hydrogen) atoms. The molecule has 1 N–H and O–H groups in total. The first-order valence-electron chi connectivity index (χ1n) is 7.85. The van der Waals surface area contributed by atoms with Crippen LogP contribution in [0.15, 0.2) is 41.3 Å². The summed E-state index contributed by atoms with van der Waals surface area (Å²) >= 11 is 6.00. The minimum Gasteiger partial charge on any atom is -0.468 e. The van der Waals surface area contributed by atoms with Crippen LogP contribution in [0.2, 0.25) is 5.02 Å². The van der Waals surface area contributed by atoms with Crippen LogP contribution in [0.3, 0.4) is 0 Å². The topological polar surface area (TPSA) is 58.4 Å². The molecule has 1 amide bonds. The van der Waals surface area contributed by atoms with E-state index in [9.17, 15) is 4.79 Å². The Morgan fingerprint density at radius 1 is 1.48 bits per heavy atom. The number of hydrogen-bond donors (Lipinski definition) is 1. The molecule has 1 aliphatic heterocycles. The Morgan fingerprint density at radius 3 is 3.17 bits per heavy atom. The Balaban J connectivity index is 1.50. The Hall–Kier alpha value is -1.85. The van der Waals surface area contributed by atoms with Gasteiger partial charge in [-0.15, -0.1) is 0 Å². The second-order valence-electron chi connectivity index (χ2n) is 5.89. The summed E-state index contributed by atoms with van der Waals surface area (Å²) in [5, 5.41) is 3.37. The molecule has 1 aliphatic rings. The van der Waals surface area contributed by atoms with Crippen molar-refractivity contribution in [2.75, 3.05) is 19.6 Å². The molecule has 0 aromatic carbocycles. The average Bonchev–Trinajstić information content (AvgIpc) is 3.06. The molecular weight excluding hydrogens is 314 g/mol. The molecule has 1 fully saturated rings. The molecule has 122 valence electrons. The lowest BCUT2D eigenvalue weighted by atomic mass is 9.97. The highest BCUT2D eigenvalue weighted by Gasteiger charge is 2.21. The molecule has 3 heterocycles. The van der Waals surface area contributed by atoms with Gasteiger partial charge in [-0.3, -0.25) is 14.7 Å². The van der Waals surface area contributed by atoms with Crippen LogP contribution in [0.25, 0.3) is 0 Å². The van der Waals surface area contributed by atoms with E-state index in [0.29, 0.717) is 23.0 Å². The number of aromatic nitrogens is 1. The Morgan fingerprint density at radius 2 is 2.39 bits per heavy atom. The van der Waals surface area contributed by atoms with Crippen molar-refractivity contribution in [3.05, 3.63) is 53.2 Å². The third-order valence-corrected chi connectivity index (χ3v) is 4.43. The summed E-state index contributed by atoms with van der Waals surface area (Å²) in [5.74, 6) is 1.29. The number of pyridine rings is 1. The molecule has 2 aromatic heterocycles. The van der Waals surface area contributed by atoms with Crippen LogP contribution in [-0.2, 0) is 6.54 Å². The molecule has 0 spiro atoms. The predicted octanol–water partition coefficient (Wildman–Crippen LogP) is 2.97. The van der Waals surface area contributed by atoms with Crippen molar-refractivity contribution >= 4 is 17.5 Å². The SMILES string of the molecule is O=C(NC[C@H]1CCCN(Cc2ccco2)C1)c1ccncc1Cl. The van der Waals surface area contributed by atoms with E-state index >= 15 is 0 Å². The highest BCUT2D eigenvalue weighted by atomic mass is 35.5. The zero-order valence-electron chi connectivity index (χ0n) is 12.9. The van der Waals surface area contributed by atoms with E-state index < -0.39 is 0 Å². The van der Waals surface area contributed by atoms with Crippen molar-refractivity contribution in [2.24, 2.45) is 5.92 Å². The first-order chi connectivity index (χ1) is 11.2. The second-order valence-corrected chi connectivity index (χ2v) is 6.30. The summed E-state index contributed by atoms with van der Waals surface area (Å²) in [5.41, 5.74) is 0.477. The van der Waals surface area contributed by atoms with Gasteiger partial charge in [-0.05, 0) is 43.5 Å². The number of rotatable bonds is 5. The first-order valence-corrected chi connectivity index (χ1v) is 8.22. The number of hydrogen-bond acceptors (Lipinski definition) is 4. The molecule has 3 rings (SSSR count). The number of piperidine rings is 1. The van der Waals surface area contributed by atoms with Crippen molar-refractivity contribution in [3.8, 4) is 0 Å². The molecule has 2 aromatic rings. The van der Waals surface area contributed by atoms with Gasteiger partial charge in [0.25, 0.3) is 5.91 Å². The van der Waals surface area contributed by atoms with E-state index in [1.165, 1.54) is 6.20 Å². The van der Waals surface area contributed by atoms with Gasteiger partial charge in [-0.25, -0.2) is 0 Å². The minimum absolute atomic E-state index is 0.138. The summed E-state index contributed by atoms with van der Waals surface area (Å²) in [6, 6.07) is 5.55. The molecule has 0 saturated carbocycles. The zero-order valence-corrected chi connectivity index (χ0v) is 13.6. The lowest BCUT2D eigenvalue weighted by molar-refractivity contribution is 0.0928. The molecular formula is C17H20ClN3O2. The van der Waals surface area contributed by atoms with Crippen LogP contribution in [0.5, 0.6) is 0 Å². The molecule has 0 bridgehead atoms. The van der Waals surface area contributed by atoms with Gasteiger partial charge in [0.15, 0.2) is 0 Å². The maximum absolute atomic E-state index is 12.2. The van der Waals surface area contributed by atoms with Crippen molar-refractivity contribution < 1.29 is 9.21 Å². The highest BCUT2D eigenvalue weighted by Crippen LogP contribution is 2.19. The predicted molar refractivity (Wildman–Crippen MR) is 88.3 cm³/mol. The molecule has 6 heteroatoms. The van der Waals surface area contributed by atoms with E-state index in [1.54, 1.807) is 18.5 Å². The van der Waals surface area contributed by atoms with E-state index in [-0.39, 0.29) is 5.91 Å². The fourth-order valence-electron chi connectivity index (χ4n) is 2.98. The maximum Gasteiger partial charge on any atom is 0.252 e. The summed E-state index contributed by atoms with van der Waals surface area (Å²) in [7, 11) is 0. The van der Waals surface area contributed by atoms with Gasteiger partial charge in [0.1, 0.15) is 5.76 Å². The lowest BCUT2D eigenvalue weighted by Crippen LogP contribution is -2.40. The summed E-state index contributed by atoms with van der Waals surface area (Å²) < 4.78 is 5.41. The van der Waals surface area contributed by atoms with Crippen molar-refractivity contribution in [2.45, 2.75) is 19.4 Å². The van der Waals surface area contributed by atoms with Crippen LogP contribution in [-0.4, -0.2) is 35.4 Å². The molecule has 1 atom stereocenters. The van der Waals surface area contributed by atoms with Gasteiger partial charge >= 0.3 is 0 Å². The summed E-state index contributed by atoms with van der Waals surface area (Å²) in [4.78, 5) is 18.5. The quantitative estimate of drug-likeness (QED) is 0.914. The fourth-order valence-corrected chi connectivity index (χ4v) is 3.18. The van der Waals surface area contributed by atoms with Gasteiger partial charge < -0.3 is 9.73 Å². The minimum atomic E-state index is -0.138. The number of carbonyl (C=O) groups is 1. The molecule has 0 unspecified atom stereocenters. The smallest absolute Gasteiger partial charge is 0.252 e. The standard InChI is InChI=1S/C17H20ClN3O2/c18-16-10-19-6-5-15(16)17(22)20-9-13-3-1-7-21(11-13)12-14-4-2-8-23-14/h2,4-6,8,10,13H,1,3,7,9,11-12H2,(H,20,22)/t13-/m1/s1. The van der Waals surface area contributed by atoms with Crippen LogP contribution < -0.4 is 5.32 Å². The van der Waals surface area contributed by atoms with E-state index in [1.807, 2.05) is 12.1 Å². The Kier molecular flexibility index (Phi) is 5.31. The average molecular weight is 334 g/mol. The van der Waals surface area contributed by atoms with Gasteiger partial charge in [0.05, 0.1) is 23.4 Å². The van der Waals surface area contributed by atoms with E-state index in [2.05, 4.69) is 15.2 Å². The van der Waals surface area contributed by atoms with E-state index in [0.717, 1.165) is 38.2 Å². The zero-order chi connectivity index (χ0) is 16.1. The number of carbonyl (C=O) groups excluding carboxylic acids is 1. The molecule has 5 nitrogen and oxygen atoms in total. The molecule has 0 radical (unpaired) electrons. The van der Waals surface area contributed by atoms with Crippen LogP contribution in [0.1, 0.15) is 29.0 Å². The van der Waals surface area contributed by atoms with Crippen LogP contribution in [0, 0.1) is 5.92 Å². The normalized spacial score (nSPS) is 18.7. The number of nitrogens with one attached hydrogen (secondary N) is 1. The van der Waals surface area contributed by atoms with Crippen LogP contribution >= 0.6 is 11.6 Å². The van der Waals surface area contributed by atoms with Gasteiger partial charge in [-0.1, -0.05) is 11.6 Å². The largest absolute Gasteiger partial charge is 0.468 e.